The smallest absolute Gasteiger partial charge is 0.257 e. The second kappa shape index (κ2) is 8.94. The Kier molecular flexibility index (Phi) is 5.94. The summed E-state index contributed by atoms with van der Waals surface area (Å²) in [6, 6.07) is 20.1. The van der Waals surface area contributed by atoms with Crippen molar-refractivity contribution in [3.05, 3.63) is 81.7 Å². The fraction of sp³-hybridized carbons (Fsp3) is 0.300. The number of hydrogen-bond donors (Lipinski definition) is 1. The van der Waals surface area contributed by atoms with Crippen LogP contribution in [0.1, 0.15) is 59.1 Å². The SMILES string of the molecule is Cc1cccc(-c2cc(C(=O)Nc3sc4c(c3C#N)CCC(C(C)(C)C)C4)c3ccccc3n2)c1. The molecule has 0 spiro atoms. The normalized spacial score (nSPS) is 15.5. The Bertz CT molecular complexity index is 1490. The van der Waals surface area contributed by atoms with E-state index in [1.807, 2.05) is 55.5 Å². The lowest BCUT2D eigenvalue weighted by Crippen LogP contribution is -2.26. The fourth-order valence-corrected chi connectivity index (χ4v) is 6.29. The molecule has 0 bridgehead atoms. The molecule has 2 aromatic heterocycles. The Morgan fingerprint density at radius 1 is 1.14 bits per heavy atom. The summed E-state index contributed by atoms with van der Waals surface area (Å²) in [4.78, 5) is 19.7. The summed E-state index contributed by atoms with van der Waals surface area (Å²) in [6.45, 7) is 8.89. The molecule has 2 aromatic carbocycles. The summed E-state index contributed by atoms with van der Waals surface area (Å²) in [5.41, 5.74) is 6.18. The van der Waals surface area contributed by atoms with Gasteiger partial charge in [-0.05, 0) is 61.3 Å². The number of hydrogen-bond acceptors (Lipinski definition) is 4. The average Bonchev–Trinajstić information content (AvgIpc) is 3.18. The predicted octanol–water partition coefficient (Wildman–Crippen LogP) is 7.55. The van der Waals surface area contributed by atoms with E-state index < -0.39 is 0 Å². The maximum absolute atomic E-state index is 13.6. The number of carbonyl (C=O) groups excluding carboxylic acids is 1. The molecular formula is C30H29N3OS. The molecular weight excluding hydrogens is 450 g/mol. The molecule has 1 aliphatic carbocycles. The van der Waals surface area contributed by atoms with Crippen molar-refractivity contribution in [3.8, 4) is 17.3 Å². The average molecular weight is 480 g/mol. The highest BCUT2D eigenvalue weighted by Crippen LogP contribution is 2.44. The van der Waals surface area contributed by atoms with Crippen LogP contribution in [0.15, 0.2) is 54.6 Å². The van der Waals surface area contributed by atoms with Crippen LogP contribution in [-0.2, 0) is 12.8 Å². The van der Waals surface area contributed by atoms with Crippen molar-refractivity contribution >= 4 is 33.1 Å². The van der Waals surface area contributed by atoms with Gasteiger partial charge in [0.25, 0.3) is 5.91 Å². The van der Waals surface area contributed by atoms with Gasteiger partial charge in [-0.3, -0.25) is 4.79 Å². The van der Waals surface area contributed by atoms with Crippen LogP contribution in [0.5, 0.6) is 0 Å². The minimum Gasteiger partial charge on any atom is -0.312 e. The number of rotatable bonds is 3. The molecule has 1 aliphatic rings. The van der Waals surface area contributed by atoms with E-state index in [2.05, 4.69) is 38.2 Å². The van der Waals surface area contributed by atoms with Crippen LogP contribution in [0.4, 0.5) is 5.00 Å². The van der Waals surface area contributed by atoms with Crippen LogP contribution < -0.4 is 5.32 Å². The van der Waals surface area contributed by atoms with Gasteiger partial charge in [0.15, 0.2) is 0 Å². The minimum atomic E-state index is -0.208. The number of thiophene rings is 1. The van der Waals surface area contributed by atoms with Gasteiger partial charge in [0.1, 0.15) is 11.1 Å². The number of fused-ring (bicyclic) bond motifs is 2. The van der Waals surface area contributed by atoms with E-state index in [9.17, 15) is 10.1 Å². The predicted molar refractivity (Wildman–Crippen MR) is 144 cm³/mol. The number of pyridine rings is 1. The van der Waals surface area contributed by atoms with Crippen LogP contribution in [0.2, 0.25) is 0 Å². The van der Waals surface area contributed by atoms with Crippen LogP contribution >= 0.6 is 11.3 Å². The highest BCUT2D eigenvalue weighted by molar-refractivity contribution is 7.16. The molecule has 4 aromatic rings. The van der Waals surface area contributed by atoms with E-state index in [4.69, 9.17) is 4.98 Å². The first-order valence-corrected chi connectivity index (χ1v) is 12.9. The number of amides is 1. The third kappa shape index (κ3) is 4.47. The van der Waals surface area contributed by atoms with Crippen molar-refractivity contribution in [1.82, 2.24) is 4.98 Å². The van der Waals surface area contributed by atoms with Crippen LogP contribution in [0.25, 0.3) is 22.2 Å². The summed E-state index contributed by atoms with van der Waals surface area (Å²) in [5.74, 6) is 0.366. The number of aromatic nitrogens is 1. The summed E-state index contributed by atoms with van der Waals surface area (Å²) >= 11 is 1.57. The van der Waals surface area contributed by atoms with Crippen molar-refractivity contribution in [3.63, 3.8) is 0 Å². The Hall–Kier alpha value is -3.49. The number of para-hydroxylation sites is 1. The lowest BCUT2D eigenvalue weighted by molar-refractivity contribution is 0.102. The van der Waals surface area contributed by atoms with Gasteiger partial charge in [0.2, 0.25) is 0 Å². The number of nitrogens with zero attached hydrogens (tertiary/aromatic N) is 2. The number of nitrogens with one attached hydrogen (secondary N) is 1. The zero-order chi connectivity index (χ0) is 24.7. The Balaban J connectivity index is 1.54. The van der Waals surface area contributed by atoms with Gasteiger partial charge >= 0.3 is 0 Å². The molecule has 1 atom stereocenters. The Morgan fingerprint density at radius 2 is 1.94 bits per heavy atom. The molecule has 1 N–H and O–H groups in total. The number of carbonyl (C=O) groups is 1. The van der Waals surface area contributed by atoms with Gasteiger partial charge < -0.3 is 5.32 Å². The quantitative estimate of drug-likeness (QED) is 0.330. The molecule has 4 nitrogen and oxygen atoms in total. The highest BCUT2D eigenvalue weighted by atomic mass is 32.1. The Labute approximate surface area is 210 Å². The maximum Gasteiger partial charge on any atom is 0.257 e. The van der Waals surface area contributed by atoms with E-state index in [1.165, 1.54) is 4.88 Å². The highest BCUT2D eigenvalue weighted by Gasteiger charge is 2.32. The number of nitriles is 1. The van der Waals surface area contributed by atoms with Crippen LogP contribution in [0, 0.1) is 29.6 Å². The third-order valence-electron chi connectivity index (χ3n) is 7.10. The molecule has 35 heavy (non-hydrogen) atoms. The molecule has 5 heteroatoms. The fourth-order valence-electron chi connectivity index (χ4n) is 5.02. The largest absolute Gasteiger partial charge is 0.312 e. The summed E-state index contributed by atoms with van der Waals surface area (Å²) in [6.07, 6.45) is 2.93. The molecule has 176 valence electrons. The molecule has 0 radical (unpaired) electrons. The first-order chi connectivity index (χ1) is 16.7. The first-order valence-electron chi connectivity index (χ1n) is 12.1. The van der Waals surface area contributed by atoms with E-state index in [0.29, 0.717) is 22.0 Å². The Morgan fingerprint density at radius 3 is 2.69 bits per heavy atom. The molecule has 0 saturated carbocycles. The molecule has 0 aliphatic heterocycles. The van der Waals surface area contributed by atoms with Gasteiger partial charge in [0, 0.05) is 15.8 Å². The van der Waals surface area contributed by atoms with Gasteiger partial charge in [-0.1, -0.05) is 62.7 Å². The van der Waals surface area contributed by atoms with Crippen LogP contribution in [-0.4, -0.2) is 10.9 Å². The van der Waals surface area contributed by atoms with Crippen molar-refractivity contribution in [2.75, 3.05) is 5.32 Å². The van der Waals surface area contributed by atoms with E-state index in [-0.39, 0.29) is 11.3 Å². The van der Waals surface area contributed by atoms with Gasteiger partial charge in [-0.15, -0.1) is 11.3 Å². The lowest BCUT2D eigenvalue weighted by Gasteiger charge is -2.33. The van der Waals surface area contributed by atoms with Gasteiger partial charge in [-0.2, -0.15) is 5.26 Å². The number of anilines is 1. The van der Waals surface area contributed by atoms with Crippen molar-refractivity contribution in [2.24, 2.45) is 11.3 Å². The third-order valence-corrected chi connectivity index (χ3v) is 8.27. The summed E-state index contributed by atoms with van der Waals surface area (Å²) in [5, 5.41) is 14.5. The molecule has 0 fully saturated rings. The summed E-state index contributed by atoms with van der Waals surface area (Å²) in [7, 11) is 0. The monoisotopic (exact) mass is 479 g/mol. The molecule has 5 rings (SSSR count). The van der Waals surface area contributed by atoms with Crippen molar-refractivity contribution in [2.45, 2.75) is 47.0 Å². The maximum atomic E-state index is 13.6. The second-order valence-corrected chi connectivity index (χ2v) is 11.6. The topological polar surface area (TPSA) is 65.8 Å². The first kappa shape index (κ1) is 23.3. The van der Waals surface area contributed by atoms with Gasteiger partial charge in [-0.25, -0.2) is 4.98 Å². The van der Waals surface area contributed by atoms with Crippen molar-refractivity contribution < 1.29 is 4.79 Å². The summed E-state index contributed by atoms with van der Waals surface area (Å²) < 4.78 is 0. The van der Waals surface area contributed by atoms with E-state index in [1.54, 1.807) is 11.3 Å². The zero-order valence-corrected chi connectivity index (χ0v) is 21.4. The number of aryl methyl sites for hydroxylation is 1. The minimum absolute atomic E-state index is 0.208. The van der Waals surface area contributed by atoms with E-state index >= 15 is 0 Å². The lowest BCUT2D eigenvalue weighted by atomic mass is 9.72. The second-order valence-electron chi connectivity index (χ2n) is 10.5. The van der Waals surface area contributed by atoms with Gasteiger partial charge in [0.05, 0.1) is 22.3 Å². The van der Waals surface area contributed by atoms with E-state index in [0.717, 1.165) is 52.5 Å². The molecule has 1 unspecified atom stereocenters. The molecule has 0 saturated heterocycles. The van der Waals surface area contributed by atoms with Crippen molar-refractivity contribution in [1.29, 1.82) is 5.26 Å². The zero-order valence-electron chi connectivity index (χ0n) is 20.6. The van der Waals surface area contributed by atoms with Crippen LogP contribution in [0.3, 0.4) is 0 Å². The number of benzene rings is 2. The standard InChI is InChI=1S/C30H29N3OS/c1-18-8-7-9-19(14-18)26-16-23(21-10-5-6-11-25(21)32-26)28(34)33-29-24(17-31)22-13-12-20(30(2,3)4)15-27(22)35-29/h5-11,14,16,20H,12-13,15H2,1-4H3,(H,33,34). The molecule has 1 amide bonds. The molecule has 2 heterocycles.